The van der Waals surface area contributed by atoms with E-state index < -0.39 is 17.3 Å². The van der Waals surface area contributed by atoms with Gasteiger partial charge in [-0.25, -0.2) is 9.78 Å². The van der Waals surface area contributed by atoms with E-state index in [1.165, 1.54) is 6.07 Å². The summed E-state index contributed by atoms with van der Waals surface area (Å²) in [6, 6.07) is 2.24. The summed E-state index contributed by atoms with van der Waals surface area (Å²) in [5, 5.41) is 3.07. The molecule has 1 aromatic heterocycles. The zero-order chi connectivity index (χ0) is 20.0. The molecule has 1 aliphatic heterocycles. The number of nitrogens with zero attached hydrogens (tertiary/aromatic N) is 2. The van der Waals surface area contributed by atoms with Crippen molar-refractivity contribution in [3.05, 3.63) is 23.9 Å². The number of likely N-dealkylation sites (tertiary alicyclic amines) is 1. The lowest BCUT2D eigenvalue weighted by Gasteiger charge is -2.36. The van der Waals surface area contributed by atoms with Crippen LogP contribution in [0.25, 0.3) is 0 Å². The quantitative estimate of drug-likeness (QED) is 0.838. The van der Waals surface area contributed by atoms with Crippen LogP contribution in [0, 0.1) is 17.8 Å². The molecule has 1 N–H and O–H groups in total. The average molecular weight is 385 g/mol. The summed E-state index contributed by atoms with van der Waals surface area (Å²) in [6.07, 6.45) is -3.07. The summed E-state index contributed by atoms with van der Waals surface area (Å²) in [5.41, 5.74) is -1.36. The van der Waals surface area contributed by atoms with E-state index in [0.29, 0.717) is 36.7 Å². The summed E-state index contributed by atoms with van der Waals surface area (Å²) in [5.74, 6) is 2.05. The highest BCUT2D eigenvalue weighted by atomic mass is 19.4. The molecule has 5 nitrogen and oxygen atoms in total. The molecule has 2 fully saturated rings. The molecule has 0 aromatic carbocycles. The Labute approximate surface area is 157 Å². The summed E-state index contributed by atoms with van der Waals surface area (Å²) in [6.45, 7) is 8.77. The van der Waals surface area contributed by atoms with Gasteiger partial charge in [0, 0.05) is 19.3 Å². The first-order chi connectivity index (χ1) is 12.5. The first-order valence-corrected chi connectivity index (χ1v) is 9.22. The molecule has 27 heavy (non-hydrogen) atoms. The maximum atomic E-state index is 12.6. The fraction of sp³-hybridized carbons (Fsp3) is 0.684. The van der Waals surface area contributed by atoms with Crippen molar-refractivity contribution in [2.75, 3.05) is 18.4 Å². The summed E-state index contributed by atoms with van der Waals surface area (Å²) in [4.78, 5) is 18.2. The highest BCUT2D eigenvalue weighted by Crippen LogP contribution is 2.52. The predicted molar refractivity (Wildman–Crippen MR) is 95.2 cm³/mol. The standard InChI is InChI=1S/C19H26F3N3O2/c1-11-14-7-13(25(10-15(11)14)17(26)27-18(2,3)4)9-24-16-6-5-12(8-23-16)19(20,21)22/h5-6,8,11,13-15H,7,9-10H2,1-4H3,(H,23,24). The van der Waals surface area contributed by atoms with Crippen LogP contribution in [-0.2, 0) is 10.9 Å². The Bertz CT molecular complexity index is 685. The number of ether oxygens (including phenoxy) is 1. The molecule has 0 spiro atoms. The SMILES string of the molecule is CC1C2CC(CNc3ccc(C(F)(F)F)cn3)N(C(=O)OC(C)(C)C)CC12. The zero-order valence-electron chi connectivity index (χ0n) is 16.0. The largest absolute Gasteiger partial charge is 0.444 e. The van der Waals surface area contributed by atoms with Gasteiger partial charge in [0.1, 0.15) is 11.4 Å². The Morgan fingerprint density at radius 2 is 2.00 bits per heavy atom. The van der Waals surface area contributed by atoms with E-state index in [1.807, 2.05) is 20.8 Å². The molecule has 0 bridgehead atoms. The number of carbonyl (C=O) groups excluding carboxylic acids is 1. The van der Waals surface area contributed by atoms with Crippen LogP contribution in [0.1, 0.15) is 39.7 Å². The number of fused-ring (bicyclic) bond motifs is 1. The van der Waals surface area contributed by atoms with Gasteiger partial charge in [-0.1, -0.05) is 6.92 Å². The normalized spacial score (nSPS) is 27.7. The van der Waals surface area contributed by atoms with Crippen molar-refractivity contribution < 1.29 is 22.7 Å². The number of alkyl halides is 3. The lowest BCUT2D eigenvalue weighted by molar-refractivity contribution is -0.137. The second-order valence-corrected chi connectivity index (χ2v) is 8.52. The smallest absolute Gasteiger partial charge is 0.417 e. The summed E-state index contributed by atoms with van der Waals surface area (Å²) < 4.78 is 43.4. The molecule has 2 heterocycles. The molecule has 1 aliphatic carbocycles. The first kappa shape index (κ1) is 19.8. The van der Waals surface area contributed by atoms with Gasteiger partial charge >= 0.3 is 12.3 Å². The van der Waals surface area contributed by atoms with E-state index in [9.17, 15) is 18.0 Å². The van der Waals surface area contributed by atoms with Gasteiger partial charge in [-0.15, -0.1) is 0 Å². The van der Waals surface area contributed by atoms with E-state index in [1.54, 1.807) is 4.90 Å². The Kier molecular flexibility index (Phi) is 5.03. The Hall–Kier alpha value is -1.99. The molecule has 8 heteroatoms. The maximum absolute atomic E-state index is 12.6. The molecule has 0 radical (unpaired) electrons. The number of hydrogen-bond acceptors (Lipinski definition) is 4. The topological polar surface area (TPSA) is 54.5 Å². The van der Waals surface area contributed by atoms with Crippen molar-refractivity contribution in [1.82, 2.24) is 9.88 Å². The van der Waals surface area contributed by atoms with Crippen LogP contribution in [0.5, 0.6) is 0 Å². The third-order valence-electron chi connectivity index (χ3n) is 5.39. The number of hydrogen-bond donors (Lipinski definition) is 1. The summed E-state index contributed by atoms with van der Waals surface area (Å²) in [7, 11) is 0. The molecule has 1 aromatic rings. The van der Waals surface area contributed by atoms with Gasteiger partial charge in [-0.2, -0.15) is 13.2 Å². The molecular weight excluding hydrogens is 359 g/mol. The third kappa shape index (κ3) is 4.65. The lowest BCUT2D eigenvalue weighted by atomic mass is 10.0. The van der Waals surface area contributed by atoms with E-state index in [-0.39, 0.29) is 12.1 Å². The van der Waals surface area contributed by atoms with Crippen molar-refractivity contribution in [3.8, 4) is 0 Å². The molecule has 2 aliphatic rings. The fourth-order valence-corrected chi connectivity index (χ4v) is 3.77. The average Bonchev–Trinajstić information content (AvgIpc) is 3.19. The Morgan fingerprint density at radius 1 is 1.30 bits per heavy atom. The number of anilines is 1. The minimum absolute atomic E-state index is 0.0739. The van der Waals surface area contributed by atoms with Crippen molar-refractivity contribution >= 4 is 11.9 Å². The van der Waals surface area contributed by atoms with Gasteiger partial charge in [0.05, 0.1) is 11.6 Å². The Morgan fingerprint density at radius 3 is 2.56 bits per heavy atom. The van der Waals surface area contributed by atoms with Crippen LogP contribution in [-0.4, -0.2) is 40.7 Å². The molecule has 1 saturated carbocycles. The minimum atomic E-state index is -4.40. The first-order valence-electron chi connectivity index (χ1n) is 9.22. The molecule has 150 valence electrons. The monoisotopic (exact) mass is 385 g/mol. The van der Waals surface area contributed by atoms with E-state index in [4.69, 9.17) is 4.74 Å². The second-order valence-electron chi connectivity index (χ2n) is 8.52. The number of rotatable bonds is 3. The van der Waals surface area contributed by atoms with Gasteiger partial charge < -0.3 is 15.0 Å². The molecular formula is C19H26F3N3O2. The van der Waals surface area contributed by atoms with Gasteiger partial charge in [-0.05, 0) is 57.1 Å². The van der Waals surface area contributed by atoms with E-state index in [2.05, 4.69) is 17.2 Å². The Balaban J connectivity index is 1.64. The van der Waals surface area contributed by atoms with Crippen molar-refractivity contribution in [1.29, 1.82) is 0 Å². The van der Waals surface area contributed by atoms with Gasteiger partial charge in [0.15, 0.2) is 0 Å². The van der Waals surface area contributed by atoms with Crippen molar-refractivity contribution in [2.45, 2.75) is 51.9 Å². The van der Waals surface area contributed by atoms with Crippen LogP contribution >= 0.6 is 0 Å². The lowest BCUT2D eigenvalue weighted by Crippen LogP contribution is -2.49. The van der Waals surface area contributed by atoms with Crippen LogP contribution in [0.15, 0.2) is 18.3 Å². The fourth-order valence-electron chi connectivity index (χ4n) is 3.77. The van der Waals surface area contributed by atoms with E-state index >= 15 is 0 Å². The second kappa shape index (κ2) is 6.87. The third-order valence-corrected chi connectivity index (χ3v) is 5.39. The van der Waals surface area contributed by atoms with E-state index in [0.717, 1.165) is 18.7 Å². The molecule has 3 rings (SSSR count). The molecule has 1 amide bonds. The van der Waals surface area contributed by atoms with Crippen LogP contribution in [0.4, 0.5) is 23.8 Å². The number of halogens is 3. The van der Waals surface area contributed by atoms with Crippen LogP contribution < -0.4 is 5.32 Å². The molecule has 4 unspecified atom stereocenters. The van der Waals surface area contributed by atoms with Crippen LogP contribution in [0.2, 0.25) is 0 Å². The van der Waals surface area contributed by atoms with Gasteiger partial charge in [-0.3, -0.25) is 0 Å². The number of amides is 1. The highest BCUT2D eigenvalue weighted by Gasteiger charge is 2.53. The van der Waals surface area contributed by atoms with Gasteiger partial charge in [0.25, 0.3) is 0 Å². The number of pyridine rings is 1. The van der Waals surface area contributed by atoms with Crippen molar-refractivity contribution in [2.24, 2.45) is 17.8 Å². The maximum Gasteiger partial charge on any atom is 0.417 e. The van der Waals surface area contributed by atoms with Crippen molar-refractivity contribution in [3.63, 3.8) is 0 Å². The number of carbonyl (C=O) groups is 1. The number of piperidine rings is 1. The molecule has 4 atom stereocenters. The molecule has 1 saturated heterocycles. The zero-order valence-corrected chi connectivity index (χ0v) is 16.0. The highest BCUT2D eigenvalue weighted by molar-refractivity contribution is 5.69. The minimum Gasteiger partial charge on any atom is -0.444 e. The van der Waals surface area contributed by atoms with Gasteiger partial charge in [0.2, 0.25) is 0 Å². The number of nitrogens with one attached hydrogen (secondary N) is 1. The van der Waals surface area contributed by atoms with Crippen LogP contribution in [0.3, 0.4) is 0 Å². The predicted octanol–water partition coefficient (Wildman–Crippen LogP) is 4.40. The number of aromatic nitrogens is 1. The summed E-state index contributed by atoms with van der Waals surface area (Å²) >= 11 is 0.